The lowest BCUT2D eigenvalue weighted by Crippen LogP contribution is -2.40. The average Bonchev–Trinajstić information content (AvgIpc) is 2.95. The molecule has 0 unspecified atom stereocenters. The molecule has 0 spiro atoms. The van der Waals surface area contributed by atoms with Crippen molar-refractivity contribution in [1.82, 2.24) is 13.9 Å². The third-order valence-corrected chi connectivity index (χ3v) is 10.7. The summed E-state index contributed by atoms with van der Waals surface area (Å²) in [7, 11) is -5.91. The summed E-state index contributed by atoms with van der Waals surface area (Å²) in [5.74, 6) is 0.701. The molecule has 2 aromatic carbocycles. The molecule has 2 aliphatic rings. The van der Waals surface area contributed by atoms with Crippen molar-refractivity contribution in [3.63, 3.8) is 0 Å². The Morgan fingerprint density at radius 1 is 0.923 bits per heavy atom. The van der Waals surface area contributed by atoms with Gasteiger partial charge in [-0.15, -0.1) is 0 Å². The van der Waals surface area contributed by atoms with Gasteiger partial charge in [0.1, 0.15) is 18.1 Å². The van der Waals surface area contributed by atoms with Gasteiger partial charge in [0.05, 0.1) is 42.2 Å². The number of rotatable bonds is 10. The van der Waals surface area contributed by atoms with Crippen molar-refractivity contribution in [1.29, 1.82) is 0 Å². The van der Waals surface area contributed by atoms with Crippen LogP contribution in [0.2, 0.25) is 0 Å². The van der Waals surface area contributed by atoms with Gasteiger partial charge in [-0.25, -0.2) is 16.8 Å². The Kier molecular flexibility index (Phi) is 9.49. The third kappa shape index (κ3) is 6.90. The van der Waals surface area contributed by atoms with Gasteiger partial charge in [0, 0.05) is 26.2 Å². The second-order valence-corrected chi connectivity index (χ2v) is 13.4. The van der Waals surface area contributed by atoms with E-state index < -0.39 is 26.0 Å². The molecule has 39 heavy (non-hydrogen) atoms. The van der Waals surface area contributed by atoms with Crippen LogP contribution in [-0.2, 0) is 24.8 Å². The smallest absolute Gasteiger partial charge is 0.255 e. The molecule has 2 fully saturated rings. The molecule has 1 N–H and O–H groups in total. The largest absolute Gasteiger partial charge is 0.496 e. The molecular formula is C26H35N3O8S2. The number of ether oxygens (including phenoxy) is 3. The first-order chi connectivity index (χ1) is 18.6. The number of hydrogen-bond donors (Lipinski definition) is 1. The summed E-state index contributed by atoms with van der Waals surface area (Å²) >= 11 is 0. The highest BCUT2D eigenvalue weighted by atomic mass is 32.2. The van der Waals surface area contributed by atoms with Gasteiger partial charge in [0.25, 0.3) is 5.91 Å². The van der Waals surface area contributed by atoms with Gasteiger partial charge >= 0.3 is 0 Å². The number of sulfonamides is 2. The minimum atomic E-state index is -3.73. The molecule has 11 nitrogen and oxygen atoms in total. The lowest BCUT2D eigenvalue weighted by molar-refractivity contribution is 0.0730. The molecule has 1 amide bonds. The fraction of sp³-hybridized carbons (Fsp3) is 0.500. The molecule has 0 radical (unpaired) electrons. The summed E-state index contributed by atoms with van der Waals surface area (Å²) in [6, 6.07) is 10.4. The van der Waals surface area contributed by atoms with Crippen LogP contribution in [0.1, 0.15) is 30.1 Å². The fourth-order valence-corrected chi connectivity index (χ4v) is 7.38. The number of methoxy groups -OCH3 is 1. The lowest BCUT2D eigenvalue weighted by atomic mass is 10.0. The quantitative estimate of drug-likeness (QED) is 0.421. The first kappa shape index (κ1) is 29.3. The molecule has 13 heteroatoms. The number of nitrogens with zero attached hydrogens (tertiary/aromatic N) is 2. The zero-order valence-corrected chi connectivity index (χ0v) is 23.8. The SMILES string of the molecule is COc1ccc(S(=O)(=O)N2CCC(C)CC2)cc1C(=O)NCCOc1ccc(S(=O)(=O)N2CCOCC2)cc1. The Morgan fingerprint density at radius 2 is 1.51 bits per heavy atom. The maximum absolute atomic E-state index is 13.1. The van der Waals surface area contributed by atoms with Crippen molar-refractivity contribution in [2.45, 2.75) is 29.6 Å². The van der Waals surface area contributed by atoms with Crippen LogP contribution < -0.4 is 14.8 Å². The Bertz CT molecular complexity index is 1350. The highest BCUT2D eigenvalue weighted by molar-refractivity contribution is 7.89. The van der Waals surface area contributed by atoms with Crippen LogP contribution in [0.25, 0.3) is 0 Å². The van der Waals surface area contributed by atoms with Gasteiger partial charge in [-0.1, -0.05) is 6.92 Å². The van der Waals surface area contributed by atoms with Gasteiger partial charge in [0.2, 0.25) is 20.0 Å². The van der Waals surface area contributed by atoms with Gasteiger partial charge in [-0.2, -0.15) is 8.61 Å². The number of benzene rings is 2. The molecule has 2 aliphatic heterocycles. The predicted molar refractivity (Wildman–Crippen MR) is 144 cm³/mol. The van der Waals surface area contributed by atoms with Crippen LogP contribution in [0.5, 0.6) is 11.5 Å². The van der Waals surface area contributed by atoms with Crippen LogP contribution >= 0.6 is 0 Å². The Balaban J connectivity index is 1.34. The van der Waals surface area contributed by atoms with Gasteiger partial charge in [0.15, 0.2) is 0 Å². The number of amides is 1. The van der Waals surface area contributed by atoms with E-state index in [0.29, 0.717) is 51.1 Å². The van der Waals surface area contributed by atoms with Crippen LogP contribution in [-0.4, -0.2) is 91.0 Å². The Hall–Kier alpha value is -2.71. The molecule has 0 bridgehead atoms. The standard InChI is InChI=1S/C26H35N3O8S2/c1-20-9-12-28(13-10-20)39(33,34)23-7-8-25(35-2)24(19-23)26(30)27-11-16-37-21-3-5-22(6-4-21)38(31,32)29-14-17-36-18-15-29/h3-8,19-20H,9-18H2,1-2H3,(H,27,30). The normalized spacial score (nSPS) is 18.0. The monoisotopic (exact) mass is 581 g/mol. The highest BCUT2D eigenvalue weighted by Gasteiger charge is 2.29. The van der Waals surface area contributed by atoms with Crippen molar-refractivity contribution in [2.24, 2.45) is 5.92 Å². The topological polar surface area (TPSA) is 132 Å². The Labute approximate surface area is 230 Å². The summed E-state index contributed by atoms with van der Waals surface area (Å²) in [5.41, 5.74) is 0.113. The van der Waals surface area contributed by atoms with Crippen molar-refractivity contribution < 1.29 is 35.8 Å². The van der Waals surface area contributed by atoms with E-state index in [-0.39, 0.29) is 34.3 Å². The van der Waals surface area contributed by atoms with Crippen molar-refractivity contribution in [3.8, 4) is 11.5 Å². The maximum Gasteiger partial charge on any atom is 0.255 e. The molecule has 0 aromatic heterocycles. The van der Waals surface area contributed by atoms with E-state index in [4.69, 9.17) is 14.2 Å². The minimum Gasteiger partial charge on any atom is -0.496 e. The van der Waals surface area contributed by atoms with Crippen LogP contribution in [0, 0.1) is 5.92 Å². The fourth-order valence-electron chi connectivity index (χ4n) is 4.47. The van der Waals surface area contributed by atoms with E-state index in [2.05, 4.69) is 12.2 Å². The molecule has 214 valence electrons. The molecule has 2 heterocycles. The lowest BCUT2D eigenvalue weighted by Gasteiger charge is -2.29. The predicted octanol–water partition coefficient (Wildman–Crippen LogP) is 1.95. The first-order valence-electron chi connectivity index (χ1n) is 12.9. The van der Waals surface area contributed by atoms with Crippen molar-refractivity contribution in [3.05, 3.63) is 48.0 Å². The summed E-state index contributed by atoms with van der Waals surface area (Å²) < 4.78 is 70.8. The van der Waals surface area contributed by atoms with Crippen LogP contribution in [0.3, 0.4) is 0 Å². The number of piperidine rings is 1. The maximum atomic E-state index is 13.1. The number of carbonyl (C=O) groups excluding carboxylic acids is 1. The zero-order valence-electron chi connectivity index (χ0n) is 22.2. The van der Waals surface area contributed by atoms with E-state index in [1.807, 2.05) is 0 Å². The number of hydrogen-bond acceptors (Lipinski definition) is 8. The summed E-state index contributed by atoms with van der Waals surface area (Å²) in [5, 5.41) is 2.72. The molecule has 0 aliphatic carbocycles. The van der Waals surface area contributed by atoms with Gasteiger partial charge in [-0.05, 0) is 61.2 Å². The average molecular weight is 582 g/mol. The second kappa shape index (κ2) is 12.6. The summed E-state index contributed by atoms with van der Waals surface area (Å²) in [6.07, 6.45) is 1.60. The van der Waals surface area contributed by atoms with Crippen molar-refractivity contribution >= 4 is 26.0 Å². The third-order valence-electron chi connectivity index (χ3n) is 6.88. The number of morpholine rings is 1. The number of carbonyl (C=O) groups is 1. The zero-order chi connectivity index (χ0) is 28.0. The van der Waals surface area contributed by atoms with E-state index >= 15 is 0 Å². The Morgan fingerprint density at radius 3 is 2.15 bits per heavy atom. The molecule has 0 atom stereocenters. The minimum absolute atomic E-state index is 0.0476. The van der Waals surface area contributed by atoms with E-state index in [0.717, 1.165) is 12.8 Å². The molecule has 2 aromatic rings. The van der Waals surface area contributed by atoms with E-state index in [1.165, 1.54) is 46.1 Å². The van der Waals surface area contributed by atoms with Gasteiger partial charge in [-0.3, -0.25) is 4.79 Å². The first-order valence-corrected chi connectivity index (χ1v) is 15.8. The van der Waals surface area contributed by atoms with Crippen molar-refractivity contribution in [2.75, 3.05) is 59.7 Å². The second-order valence-electron chi connectivity index (χ2n) is 9.54. The molecule has 0 saturated carbocycles. The van der Waals surface area contributed by atoms with Crippen LogP contribution in [0.15, 0.2) is 52.3 Å². The van der Waals surface area contributed by atoms with E-state index in [9.17, 15) is 21.6 Å². The summed E-state index contributed by atoms with van der Waals surface area (Å²) in [4.78, 5) is 13.1. The van der Waals surface area contributed by atoms with Gasteiger partial charge < -0.3 is 19.5 Å². The molecule has 2 saturated heterocycles. The van der Waals surface area contributed by atoms with Crippen LogP contribution in [0.4, 0.5) is 0 Å². The highest BCUT2D eigenvalue weighted by Crippen LogP contribution is 2.27. The summed E-state index contributed by atoms with van der Waals surface area (Å²) in [6.45, 7) is 4.64. The molecule has 4 rings (SSSR count). The molecular weight excluding hydrogens is 546 g/mol. The van der Waals surface area contributed by atoms with E-state index in [1.54, 1.807) is 12.1 Å². The number of nitrogens with one attached hydrogen (secondary N) is 1.